The fraction of sp³-hybridized carbons (Fsp3) is 0.429. The van der Waals surface area contributed by atoms with Crippen LogP contribution in [0.5, 0.6) is 0 Å². The van der Waals surface area contributed by atoms with Crippen LogP contribution in [0.4, 0.5) is 0 Å². The quantitative estimate of drug-likeness (QED) is 0.673. The van der Waals surface area contributed by atoms with Gasteiger partial charge in [-0.3, -0.25) is 9.59 Å². The van der Waals surface area contributed by atoms with Gasteiger partial charge in [0.15, 0.2) is 0 Å². The molecule has 1 fully saturated rings. The number of thiazole rings is 1. The molecule has 3 aromatic rings. The van der Waals surface area contributed by atoms with Gasteiger partial charge in [-0.25, -0.2) is 9.67 Å². The van der Waals surface area contributed by atoms with Crippen LogP contribution in [0, 0.1) is 6.92 Å². The van der Waals surface area contributed by atoms with Crippen LogP contribution in [-0.2, 0) is 18.3 Å². The van der Waals surface area contributed by atoms with Crippen molar-refractivity contribution in [3.05, 3.63) is 51.4 Å². The lowest BCUT2D eigenvalue weighted by atomic mass is 9.95. The molecule has 8 heteroatoms. The summed E-state index contributed by atoms with van der Waals surface area (Å²) in [6, 6.07) is 7.54. The lowest BCUT2D eigenvalue weighted by Crippen LogP contribution is -2.39. The zero-order chi connectivity index (χ0) is 20.4. The molecule has 1 N–H and O–H groups in total. The van der Waals surface area contributed by atoms with Crippen LogP contribution in [0.15, 0.2) is 38.8 Å². The molecule has 0 aliphatic heterocycles. The molecule has 0 spiro atoms. The van der Waals surface area contributed by atoms with Crippen LogP contribution in [0.2, 0.25) is 0 Å². The van der Waals surface area contributed by atoms with E-state index in [2.05, 4.69) is 20.8 Å². The van der Waals surface area contributed by atoms with Crippen LogP contribution in [0.1, 0.15) is 37.1 Å². The van der Waals surface area contributed by atoms with E-state index >= 15 is 0 Å². The van der Waals surface area contributed by atoms with Crippen LogP contribution in [0.25, 0.3) is 10.8 Å². The average Bonchev–Trinajstić information content (AvgIpc) is 3.12. The maximum atomic E-state index is 12.6. The van der Waals surface area contributed by atoms with Crippen LogP contribution in [0.3, 0.4) is 0 Å². The number of rotatable bonds is 5. The highest BCUT2D eigenvalue weighted by Gasteiger charge is 2.24. The van der Waals surface area contributed by atoms with Gasteiger partial charge in [-0.15, -0.1) is 11.3 Å². The van der Waals surface area contributed by atoms with Gasteiger partial charge in [-0.2, -0.15) is 5.10 Å². The molecule has 2 aromatic heterocycles. The topological polar surface area (TPSA) is 76.9 Å². The molecule has 152 valence electrons. The lowest BCUT2D eigenvalue weighted by Gasteiger charge is -2.28. The Kier molecular flexibility index (Phi) is 6.01. The van der Waals surface area contributed by atoms with Crippen LogP contribution >= 0.6 is 23.1 Å². The third kappa shape index (κ3) is 4.70. The Morgan fingerprint density at radius 1 is 1.24 bits per heavy atom. The fourth-order valence-corrected chi connectivity index (χ4v) is 6.08. The molecular weight excluding hydrogens is 404 g/mol. The first kappa shape index (κ1) is 20.1. The van der Waals surface area contributed by atoms with Crippen LogP contribution in [-0.4, -0.2) is 32.0 Å². The summed E-state index contributed by atoms with van der Waals surface area (Å²) in [7, 11) is 1.62. The molecule has 0 bridgehead atoms. The van der Waals surface area contributed by atoms with Crippen molar-refractivity contribution < 1.29 is 4.79 Å². The predicted octanol–water partition coefficient (Wildman–Crippen LogP) is 3.46. The third-order valence-electron chi connectivity index (χ3n) is 5.27. The number of nitrogens with zero attached hydrogens (tertiary/aromatic N) is 3. The number of hydrogen-bond acceptors (Lipinski definition) is 6. The summed E-state index contributed by atoms with van der Waals surface area (Å²) in [5, 5.41) is 11.5. The third-order valence-corrected chi connectivity index (χ3v) is 7.69. The summed E-state index contributed by atoms with van der Waals surface area (Å²) in [5.74, 6) is -0.0343. The summed E-state index contributed by atoms with van der Waals surface area (Å²) in [4.78, 5) is 29.4. The normalized spacial score (nSPS) is 19.4. The van der Waals surface area contributed by atoms with E-state index in [-0.39, 0.29) is 23.9 Å². The summed E-state index contributed by atoms with van der Waals surface area (Å²) in [6.45, 7) is 2.02. The summed E-state index contributed by atoms with van der Waals surface area (Å²) in [6.07, 6.45) is 4.30. The van der Waals surface area contributed by atoms with Crippen molar-refractivity contribution in [2.45, 2.75) is 54.7 Å². The number of aromatic nitrogens is 3. The smallest absolute Gasteiger partial charge is 0.274 e. The Bertz CT molecular complexity index is 1080. The number of carbonyl (C=O) groups excluding carboxylic acids is 1. The molecular formula is C21H24N4O2S2. The molecule has 2 heterocycles. The molecule has 0 radical (unpaired) electrons. The summed E-state index contributed by atoms with van der Waals surface area (Å²) in [5.41, 5.74) is 1.58. The molecule has 29 heavy (non-hydrogen) atoms. The zero-order valence-electron chi connectivity index (χ0n) is 16.6. The number of benzene rings is 1. The molecule has 0 atom stereocenters. The van der Waals surface area contributed by atoms with E-state index < -0.39 is 0 Å². The van der Waals surface area contributed by atoms with E-state index in [0.29, 0.717) is 16.3 Å². The van der Waals surface area contributed by atoms with Gasteiger partial charge in [-0.05, 0) is 38.7 Å². The summed E-state index contributed by atoms with van der Waals surface area (Å²) < 4.78 is 2.45. The van der Waals surface area contributed by atoms with E-state index in [1.165, 1.54) is 4.68 Å². The van der Waals surface area contributed by atoms with Gasteiger partial charge in [0.05, 0.1) is 17.5 Å². The minimum Gasteiger partial charge on any atom is -0.353 e. The first-order valence-corrected chi connectivity index (χ1v) is 11.6. The molecule has 4 rings (SSSR count). The van der Waals surface area contributed by atoms with Gasteiger partial charge in [0.25, 0.3) is 5.56 Å². The van der Waals surface area contributed by atoms with Gasteiger partial charge in [-0.1, -0.05) is 30.0 Å². The van der Waals surface area contributed by atoms with Crippen molar-refractivity contribution in [2.75, 3.05) is 0 Å². The lowest BCUT2D eigenvalue weighted by molar-refractivity contribution is -0.121. The van der Waals surface area contributed by atoms with Crippen molar-refractivity contribution in [2.24, 2.45) is 7.05 Å². The van der Waals surface area contributed by atoms with Gasteiger partial charge in [0, 0.05) is 34.8 Å². The minimum atomic E-state index is -0.143. The first-order chi connectivity index (χ1) is 14.0. The maximum Gasteiger partial charge on any atom is 0.274 e. The Hall–Kier alpha value is -2.19. The largest absolute Gasteiger partial charge is 0.353 e. The average molecular weight is 429 g/mol. The van der Waals surface area contributed by atoms with E-state index in [0.717, 1.165) is 41.1 Å². The standard InChI is InChI=1S/C21H24N4O2S2/c1-13-12-28-21(22-13)29-15-9-7-14(8-10-15)23-19(26)11-18-16-5-3-4-6-17(16)20(27)25(2)24-18/h3-6,12,14-15H,7-11H2,1-2H3,(H,23,26). The zero-order valence-corrected chi connectivity index (χ0v) is 18.2. The molecule has 0 unspecified atom stereocenters. The van der Waals surface area contributed by atoms with Gasteiger partial charge in [0.2, 0.25) is 5.91 Å². The fourth-order valence-electron chi connectivity index (χ4n) is 3.79. The van der Waals surface area contributed by atoms with Crippen molar-refractivity contribution >= 4 is 39.8 Å². The molecule has 1 aliphatic rings. The predicted molar refractivity (Wildman–Crippen MR) is 118 cm³/mol. The Labute approximate surface area is 177 Å². The number of thioether (sulfide) groups is 1. The number of nitrogens with one attached hydrogen (secondary N) is 1. The van der Waals surface area contributed by atoms with Crippen molar-refractivity contribution in [3.8, 4) is 0 Å². The molecule has 1 aromatic carbocycles. The highest BCUT2D eigenvalue weighted by atomic mass is 32.2. The molecule has 0 saturated heterocycles. The molecule has 1 saturated carbocycles. The molecule has 1 aliphatic carbocycles. The Morgan fingerprint density at radius 3 is 2.66 bits per heavy atom. The van der Waals surface area contributed by atoms with Gasteiger partial charge in [0.1, 0.15) is 4.34 Å². The summed E-state index contributed by atoms with van der Waals surface area (Å²) >= 11 is 3.58. The first-order valence-electron chi connectivity index (χ1n) is 9.82. The maximum absolute atomic E-state index is 12.6. The Balaban J connectivity index is 1.35. The SMILES string of the molecule is Cc1csc(SC2CCC(NC(=O)Cc3nn(C)c(=O)c4ccccc34)CC2)n1. The highest BCUT2D eigenvalue weighted by molar-refractivity contribution is 8.01. The van der Waals surface area contributed by atoms with E-state index in [1.807, 2.05) is 36.9 Å². The number of aryl methyl sites for hydroxylation is 2. The van der Waals surface area contributed by atoms with E-state index in [1.54, 1.807) is 24.5 Å². The monoisotopic (exact) mass is 428 g/mol. The van der Waals surface area contributed by atoms with Crippen LogP contribution < -0.4 is 10.9 Å². The second kappa shape index (κ2) is 8.67. The van der Waals surface area contributed by atoms with Crippen molar-refractivity contribution in [1.82, 2.24) is 20.1 Å². The van der Waals surface area contributed by atoms with Gasteiger partial charge < -0.3 is 5.32 Å². The van der Waals surface area contributed by atoms with E-state index in [4.69, 9.17) is 0 Å². The number of fused-ring (bicyclic) bond motifs is 1. The highest BCUT2D eigenvalue weighted by Crippen LogP contribution is 2.35. The number of amides is 1. The van der Waals surface area contributed by atoms with Crippen molar-refractivity contribution in [1.29, 1.82) is 0 Å². The number of carbonyl (C=O) groups is 1. The second-order valence-electron chi connectivity index (χ2n) is 7.51. The number of hydrogen-bond donors (Lipinski definition) is 1. The molecule has 1 amide bonds. The van der Waals surface area contributed by atoms with E-state index in [9.17, 15) is 9.59 Å². The molecule has 6 nitrogen and oxygen atoms in total. The van der Waals surface area contributed by atoms with Crippen molar-refractivity contribution in [3.63, 3.8) is 0 Å². The minimum absolute atomic E-state index is 0.0343. The van der Waals surface area contributed by atoms with Gasteiger partial charge >= 0.3 is 0 Å². The Morgan fingerprint density at radius 2 is 1.97 bits per heavy atom. The second-order valence-corrected chi connectivity index (χ2v) is 9.92.